The van der Waals surface area contributed by atoms with Gasteiger partial charge in [-0.25, -0.2) is 9.59 Å². The van der Waals surface area contributed by atoms with E-state index in [1.165, 1.54) is 18.2 Å². The molecule has 9 heteroatoms. The van der Waals surface area contributed by atoms with E-state index in [9.17, 15) is 9.59 Å². The lowest BCUT2D eigenvalue weighted by molar-refractivity contribution is -0.137. The summed E-state index contributed by atoms with van der Waals surface area (Å²) in [5.41, 5.74) is 13.4. The number of esters is 2. The van der Waals surface area contributed by atoms with Gasteiger partial charge in [0, 0.05) is 23.9 Å². The Hall–Kier alpha value is -4.97. The van der Waals surface area contributed by atoms with E-state index in [1.807, 2.05) is 48.5 Å². The molecule has 3 rings (SSSR count). The molecule has 9 nitrogen and oxygen atoms in total. The molecule has 0 radical (unpaired) electrons. The number of anilines is 2. The molecule has 3 aromatic rings. The van der Waals surface area contributed by atoms with Crippen LogP contribution in [0.4, 0.5) is 11.4 Å². The van der Waals surface area contributed by atoms with Gasteiger partial charge >= 0.3 is 11.9 Å². The van der Waals surface area contributed by atoms with Gasteiger partial charge in [-0.1, -0.05) is 12.1 Å². The van der Waals surface area contributed by atoms with Crippen molar-refractivity contribution in [3.8, 4) is 23.3 Å². The first-order valence-electron chi connectivity index (χ1n) is 13.5. The molecule has 0 spiro atoms. The van der Waals surface area contributed by atoms with Crippen LogP contribution < -0.4 is 20.9 Å². The number of nitrogen functional groups attached to an aromatic ring is 2. The van der Waals surface area contributed by atoms with E-state index >= 15 is 0 Å². The Balaban J connectivity index is 1.26. The van der Waals surface area contributed by atoms with Crippen LogP contribution in [0.25, 0.3) is 6.08 Å². The second kappa shape index (κ2) is 16.9. The van der Waals surface area contributed by atoms with Crippen molar-refractivity contribution < 1.29 is 28.5 Å². The van der Waals surface area contributed by atoms with Gasteiger partial charge in [-0.3, -0.25) is 0 Å². The Bertz CT molecular complexity index is 1310. The van der Waals surface area contributed by atoms with Crippen molar-refractivity contribution in [1.29, 1.82) is 5.26 Å². The van der Waals surface area contributed by atoms with Crippen LogP contribution in [0, 0.1) is 11.3 Å². The number of nitriles is 1. The highest BCUT2D eigenvalue weighted by molar-refractivity contribution is 5.91. The molecule has 0 aromatic heterocycles. The van der Waals surface area contributed by atoms with Gasteiger partial charge in [-0.05, 0) is 98.3 Å². The summed E-state index contributed by atoms with van der Waals surface area (Å²) in [5, 5.41) is 8.56. The van der Waals surface area contributed by atoms with E-state index in [2.05, 4.69) is 6.07 Å². The molecule has 0 saturated heterocycles. The van der Waals surface area contributed by atoms with Crippen LogP contribution in [-0.4, -0.2) is 31.8 Å². The maximum Gasteiger partial charge on any atom is 0.338 e. The molecule has 0 saturated carbocycles. The normalized spacial score (nSPS) is 10.6. The largest absolute Gasteiger partial charge is 0.494 e. The fourth-order valence-corrected chi connectivity index (χ4v) is 3.71. The summed E-state index contributed by atoms with van der Waals surface area (Å²) < 4.78 is 21.9. The predicted octanol–water partition coefficient (Wildman–Crippen LogP) is 6.30. The van der Waals surface area contributed by atoms with Crippen molar-refractivity contribution in [2.75, 3.05) is 31.3 Å². The molecule has 0 amide bonds. The third-order valence-electron chi connectivity index (χ3n) is 5.78. The molecular formula is C32H35N3O6. The lowest BCUT2D eigenvalue weighted by atomic mass is 10.2. The fourth-order valence-electron chi connectivity index (χ4n) is 3.71. The van der Waals surface area contributed by atoms with Crippen molar-refractivity contribution in [3.63, 3.8) is 0 Å². The number of rotatable bonds is 16. The molecular weight excluding hydrogens is 522 g/mol. The average molecular weight is 558 g/mol. The smallest absolute Gasteiger partial charge is 0.338 e. The number of nitrogens with two attached hydrogens (primary N) is 2. The standard InChI is InChI=1S/C32H35N3O6/c33-17-3-6-18-38-28-12-14-30(15-13-28)41-29-10-7-24(8-11-29)9-16-31(36)39-19-4-1-2-5-20-40-32(37)25-21-26(34)23-27(35)22-25/h7-16,21-23H,1-6,18-20,34-35H2/b16-9+. The number of benzene rings is 3. The quantitative estimate of drug-likeness (QED) is 0.0896. The molecule has 214 valence electrons. The number of carbonyl (C=O) groups excluding carboxylic acids is 2. The van der Waals surface area contributed by atoms with Gasteiger partial charge in [0.05, 0.1) is 31.5 Å². The van der Waals surface area contributed by atoms with Crippen molar-refractivity contribution in [1.82, 2.24) is 0 Å². The minimum Gasteiger partial charge on any atom is -0.494 e. The number of unbranched alkanes of at least 4 members (excludes halogenated alkanes) is 4. The minimum absolute atomic E-state index is 0.298. The topological polar surface area (TPSA) is 147 Å². The van der Waals surface area contributed by atoms with Crippen LogP contribution in [0.2, 0.25) is 0 Å². The summed E-state index contributed by atoms with van der Waals surface area (Å²) in [6.07, 6.45) is 7.37. The number of hydrogen-bond donors (Lipinski definition) is 2. The molecule has 0 fully saturated rings. The lowest BCUT2D eigenvalue weighted by Gasteiger charge is -2.08. The second-order valence-electron chi connectivity index (χ2n) is 9.19. The molecule has 0 aliphatic carbocycles. The first kappa shape index (κ1) is 30.6. The van der Waals surface area contributed by atoms with Crippen molar-refractivity contribution in [2.24, 2.45) is 0 Å². The zero-order valence-electron chi connectivity index (χ0n) is 22.9. The zero-order valence-corrected chi connectivity index (χ0v) is 22.9. The molecule has 0 unspecified atom stereocenters. The average Bonchev–Trinajstić information content (AvgIpc) is 2.96. The maximum atomic E-state index is 12.1. The van der Waals surface area contributed by atoms with E-state index in [-0.39, 0.29) is 0 Å². The summed E-state index contributed by atoms with van der Waals surface area (Å²) in [4.78, 5) is 24.1. The van der Waals surface area contributed by atoms with E-state index in [1.54, 1.807) is 12.1 Å². The van der Waals surface area contributed by atoms with Crippen molar-refractivity contribution in [3.05, 3.63) is 83.9 Å². The number of carbonyl (C=O) groups is 2. The Morgan fingerprint density at radius 1 is 0.732 bits per heavy atom. The number of nitrogens with zero attached hydrogens (tertiary/aromatic N) is 1. The zero-order chi connectivity index (χ0) is 29.3. The first-order chi connectivity index (χ1) is 19.9. The molecule has 0 aliphatic rings. The summed E-state index contributed by atoms with van der Waals surface area (Å²) in [5.74, 6) is 1.20. The summed E-state index contributed by atoms with van der Waals surface area (Å²) in [6.45, 7) is 1.12. The van der Waals surface area contributed by atoms with Crippen LogP contribution in [0.5, 0.6) is 17.2 Å². The predicted molar refractivity (Wildman–Crippen MR) is 157 cm³/mol. The molecule has 4 N–H and O–H groups in total. The Labute approximate surface area is 240 Å². The molecule has 0 atom stereocenters. The van der Waals surface area contributed by atoms with Gasteiger partial charge in [0.2, 0.25) is 0 Å². The number of hydrogen-bond acceptors (Lipinski definition) is 9. The van der Waals surface area contributed by atoms with Gasteiger partial charge in [0.1, 0.15) is 17.2 Å². The highest BCUT2D eigenvalue weighted by atomic mass is 16.5. The summed E-state index contributed by atoms with van der Waals surface area (Å²) in [7, 11) is 0. The van der Waals surface area contributed by atoms with Gasteiger partial charge in [0.25, 0.3) is 0 Å². The van der Waals surface area contributed by atoms with Gasteiger partial charge in [-0.15, -0.1) is 0 Å². The van der Waals surface area contributed by atoms with Gasteiger partial charge in [-0.2, -0.15) is 5.26 Å². The Morgan fingerprint density at radius 3 is 1.95 bits per heavy atom. The summed E-state index contributed by atoms with van der Waals surface area (Å²) in [6, 6.07) is 21.3. The van der Waals surface area contributed by atoms with E-state index < -0.39 is 11.9 Å². The number of ether oxygens (including phenoxy) is 4. The third-order valence-corrected chi connectivity index (χ3v) is 5.78. The molecule has 0 heterocycles. The molecule has 0 aliphatic heterocycles. The first-order valence-corrected chi connectivity index (χ1v) is 13.5. The van der Waals surface area contributed by atoms with E-state index in [0.717, 1.165) is 30.6 Å². The van der Waals surface area contributed by atoms with Crippen molar-refractivity contribution >= 4 is 29.4 Å². The van der Waals surface area contributed by atoms with Crippen LogP contribution >= 0.6 is 0 Å². The summed E-state index contributed by atoms with van der Waals surface area (Å²) >= 11 is 0. The Kier molecular flexibility index (Phi) is 12.6. The van der Waals surface area contributed by atoms with Crippen LogP contribution in [-0.2, 0) is 14.3 Å². The lowest BCUT2D eigenvalue weighted by Crippen LogP contribution is -2.08. The highest BCUT2D eigenvalue weighted by Crippen LogP contribution is 2.24. The van der Waals surface area contributed by atoms with Crippen molar-refractivity contribution in [2.45, 2.75) is 38.5 Å². The molecule has 3 aromatic carbocycles. The van der Waals surface area contributed by atoms with E-state index in [4.69, 9.17) is 35.7 Å². The van der Waals surface area contributed by atoms with Gasteiger partial charge < -0.3 is 30.4 Å². The SMILES string of the molecule is N#CCCCOc1ccc(Oc2ccc(/C=C/C(=O)OCCCCCCOC(=O)c3cc(N)cc(N)c3)cc2)cc1. The van der Waals surface area contributed by atoms with Gasteiger partial charge in [0.15, 0.2) is 0 Å². The minimum atomic E-state index is -0.451. The van der Waals surface area contributed by atoms with Crippen LogP contribution in [0.15, 0.2) is 72.8 Å². The monoisotopic (exact) mass is 557 g/mol. The molecule has 0 bridgehead atoms. The van der Waals surface area contributed by atoms with Crippen LogP contribution in [0.1, 0.15) is 54.4 Å². The fraction of sp³-hybridized carbons (Fsp3) is 0.281. The second-order valence-corrected chi connectivity index (χ2v) is 9.19. The van der Waals surface area contributed by atoms with Crippen LogP contribution in [0.3, 0.4) is 0 Å². The molecule has 41 heavy (non-hydrogen) atoms. The third kappa shape index (κ3) is 11.8. The van der Waals surface area contributed by atoms with E-state index in [0.29, 0.717) is 67.5 Å². The highest BCUT2D eigenvalue weighted by Gasteiger charge is 2.08. The maximum absolute atomic E-state index is 12.1. The Morgan fingerprint density at radius 2 is 1.32 bits per heavy atom.